The number of hydrogen-bond acceptors (Lipinski definition) is 7. The molecule has 2 aromatic carbocycles. The first-order valence-electron chi connectivity index (χ1n) is 11.7. The predicted molar refractivity (Wildman–Crippen MR) is 124 cm³/mol. The molecule has 36 heavy (non-hydrogen) atoms. The zero-order valence-corrected chi connectivity index (χ0v) is 19.3. The van der Waals surface area contributed by atoms with E-state index in [2.05, 4.69) is 20.9 Å². The topological polar surface area (TPSA) is 136 Å². The Morgan fingerprint density at radius 3 is 2.83 bits per heavy atom. The minimum atomic E-state index is -0.681. The van der Waals surface area contributed by atoms with Crippen molar-refractivity contribution in [3.8, 4) is 11.4 Å². The molecule has 1 aromatic heterocycles. The highest BCUT2D eigenvalue weighted by atomic mass is 16.5. The van der Waals surface area contributed by atoms with Crippen LogP contribution in [0.2, 0.25) is 0 Å². The van der Waals surface area contributed by atoms with E-state index in [-0.39, 0.29) is 48.5 Å². The van der Waals surface area contributed by atoms with Crippen molar-refractivity contribution in [1.82, 2.24) is 30.5 Å². The second kappa shape index (κ2) is 8.29. The molecular formula is C25H22N6O5. The van der Waals surface area contributed by atoms with E-state index in [4.69, 9.17) is 4.74 Å². The molecule has 1 saturated heterocycles. The molecule has 6 rings (SSSR count). The molecule has 0 saturated carbocycles. The van der Waals surface area contributed by atoms with Gasteiger partial charge in [-0.2, -0.15) is 0 Å². The zero-order chi connectivity index (χ0) is 25.0. The van der Waals surface area contributed by atoms with Crippen LogP contribution in [-0.2, 0) is 16.1 Å². The highest BCUT2D eigenvalue weighted by Gasteiger charge is 2.39. The number of piperidine rings is 1. The van der Waals surface area contributed by atoms with Gasteiger partial charge in [0, 0.05) is 24.1 Å². The van der Waals surface area contributed by atoms with Crippen molar-refractivity contribution in [2.24, 2.45) is 0 Å². The number of nitrogens with one attached hydrogen (secondary N) is 2. The van der Waals surface area contributed by atoms with Crippen molar-refractivity contribution in [3.05, 3.63) is 71.0 Å². The summed E-state index contributed by atoms with van der Waals surface area (Å²) in [5.74, 6) is -0.710. The third-order valence-corrected chi connectivity index (χ3v) is 6.83. The Kier molecular flexibility index (Phi) is 5.06. The maximum absolute atomic E-state index is 13.1. The van der Waals surface area contributed by atoms with Crippen LogP contribution in [0.4, 0.5) is 0 Å². The number of carbonyl (C=O) groups is 4. The van der Waals surface area contributed by atoms with Gasteiger partial charge in [0.1, 0.15) is 17.9 Å². The Balaban J connectivity index is 1.19. The average molecular weight is 486 g/mol. The lowest BCUT2D eigenvalue weighted by Gasteiger charge is -2.29. The molecule has 4 amide bonds. The minimum absolute atomic E-state index is 0.128. The molecule has 182 valence electrons. The number of aromatic nitrogens is 3. The number of rotatable bonds is 4. The number of imide groups is 1. The van der Waals surface area contributed by atoms with Crippen molar-refractivity contribution in [2.45, 2.75) is 44.5 Å². The van der Waals surface area contributed by atoms with Crippen LogP contribution in [0.5, 0.6) is 5.75 Å². The number of carbonyl (C=O) groups excluding carboxylic acids is 4. The number of ether oxygens (including phenoxy) is 1. The van der Waals surface area contributed by atoms with Gasteiger partial charge in [-0.15, -0.1) is 5.10 Å². The van der Waals surface area contributed by atoms with E-state index in [9.17, 15) is 19.2 Å². The standard InChI is InChI=1S/C25H22N6O5/c1-13-22(16-4-2-3-5-20(16)36-13)27-23(33)18-12-31(29-28-18)15-7-6-14-11-30(25(35)17(14)10-15)19-8-9-21(32)26-24(19)34/h2-7,10,12-13,19,22H,8-9,11H2,1H3,(H,27,33)(H,26,32,34). The highest BCUT2D eigenvalue weighted by Crippen LogP contribution is 2.36. The molecule has 3 aliphatic rings. The van der Waals surface area contributed by atoms with E-state index in [1.165, 1.54) is 15.8 Å². The summed E-state index contributed by atoms with van der Waals surface area (Å²) in [4.78, 5) is 51.2. The Hall–Kier alpha value is -4.54. The van der Waals surface area contributed by atoms with Gasteiger partial charge < -0.3 is 15.0 Å². The summed E-state index contributed by atoms with van der Waals surface area (Å²) in [6.07, 6.45) is 1.77. The van der Waals surface area contributed by atoms with Crippen molar-refractivity contribution in [1.29, 1.82) is 0 Å². The fourth-order valence-corrected chi connectivity index (χ4v) is 4.96. The molecule has 0 radical (unpaired) electrons. The summed E-state index contributed by atoms with van der Waals surface area (Å²) in [5, 5.41) is 13.3. The fraction of sp³-hybridized carbons (Fsp3) is 0.280. The van der Waals surface area contributed by atoms with Crippen LogP contribution in [0.1, 0.15) is 57.8 Å². The second-order valence-corrected chi connectivity index (χ2v) is 9.10. The lowest BCUT2D eigenvalue weighted by Crippen LogP contribution is -2.52. The predicted octanol–water partition coefficient (Wildman–Crippen LogP) is 1.28. The maximum atomic E-state index is 13.1. The van der Waals surface area contributed by atoms with Gasteiger partial charge in [0.15, 0.2) is 5.69 Å². The van der Waals surface area contributed by atoms with E-state index < -0.39 is 11.9 Å². The summed E-state index contributed by atoms with van der Waals surface area (Å²) < 4.78 is 7.24. The number of fused-ring (bicyclic) bond motifs is 2. The summed E-state index contributed by atoms with van der Waals surface area (Å²) in [7, 11) is 0. The van der Waals surface area contributed by atoms with E-state index in [0.29, 0.717) is 17.7 Å². The van der Waals surface area contributed by atoms with Gasteiger partial charge in [-0.25, -0.2) is 4.68 Å². The Morgan fingerprint density at radius 1 is 1.17 bits per heavy atom. The third-order valence-electron chi connectivity index (χ3n) is 6.83. The van der Waals surface area contributed by atoms with Crippen LogP contribution in [0.25, 0.3) is 5.69 Å². The smallest absolute Gasteiger partial charge is 0.274 e. The number of amides is 4. The molecule has 0 bridgehead atoms. The Labute approximate surface area is 205 Å². The lowest BCUT2D eigenvalue weighted by atomic mass is 10.0. The number of hydrogen-bond donors (Lipinski definition) is 2. The van der Waals surface area contributed by atoms with E-state index in [1.807, 2.05) is 31.2 Å². The Morgan fingerprint density at radius 2 is 2.00 bits per heavy atom. The molecule has 0 aliphatic carbocycles. The molecule has 11 nitrogen and oxygen atoms in total. The molecule has 0 spiro atoms. The van der Waals surface area contributed by atoms with Crippen LogP contribution in [0.15, 0.2) is 48.7 Å². The van der Waals surface area contributed by atoms with Crippen LogP contribution >= 0.6 is 0 Å². The summed E-state index contributed by atoms with van der Waals surface area (Å²) in [6.45, 7) is 2.18. The van der Waals surface area contributed by atoms with E-state index in [1.54, 1.807) is 18.2 Å². The normalized spacial score (nSPS) is 22.6. The molecule has 3 unspecified atom stereocenters. The van der Waals surface area contributed by atoms with Crippen LogP contribution in [0.3, 0.4) is 0 Å². The molecule has 2 N–H and O–H groups in total. The third kappa shape index (κ3) is 3.60. The first-order chi connectivity index (χ1) is 17.4. The molecule has 3 atom stereocenters. The van der Waals surface area contributed by atoms with Gasteiger partial charge in [-0.05, 0) is 37.1 Å². The molecule has 4 heterocycles. The minimum Gasteiger partial charge on any atom is -0.488 e. The molecule has 3 aromatic rings. The van der Waals surface area contributed by atoms with Gasteiger partial charge in [0.05, 0.1) is 17.9 Å². The summed E-state index contributed by atoms with van der Waals surface area (Å²) in [6, 6.07) is 11.8. The number of benzene rings is 2. The van der Waals surface area contributed by atoms with Crippen LogP contribution in [0, 0.1) is 0 Å². The van der Waals surface area contributed by atoms with Gasteiger partial charge >= 0.3 is 0 Å². The second-order valence-electron chi connectivity index (χ2n) is 9.10. The fourth-order valence-electron chi connectivity index (χ4n) is 4.96. The molecule has 11 heteroatoms. The monoisotopic (exact) mass is 486 g/mol. The van der Waals surface area contributed by atoms with E-state index in [0.717, 1.165) is 16.9 Å². The average Bonchev–Trinajstić information content (AvgIpc) is 3.56. The first kappa shape index (κ1) is 22.0. The van der Waals surface area contributed by atoms with Gasteiger partial charge in [0.25, 0.3) is 11.8 Å². The number of para-hydroxylation sites is 1. The molecule has 3 aliphatic heterocycles. The zero-order valence-electron chi connectivity index (χ0n) is 19.3. The van der Waals surface area contributed by atoms with Crippen molar-refractivity contribution in [3.63, 3.8) is 0 Å². The van der Waals surface area contributed by atoms with Crippen LogP contribution < -0.4 is 15.4 Å². The van der Waals surface area contributed by atoms with Crippen molar-refractivity contribution < 1.29 is 23.9 Å². The quantitative estimate of drug-likeness (QED) is 0.530. The summed E-state index contributed by atoms with van der Waals surface area (Å²) in [5.41, 5.74) is 2.82. The van der Waals surface area contributed by atoms with Crippen molar-refractivity contribution in [2.75, 3.05) is 0 Å². The van der Waals surface area contributed by atoms with Gasteiger partial charge in [-0.1, -0.05) is 29.5 Å². The molecular weight excluding hydrogens is 464 g/mol. The lowest BCUT2D eigenvalue weighted by molar-refractivity contribution is -0.136. The van der Waals surface area contributed by atoms with E-state index >= 15 is 0 Å². The summed E-state index contributed by atoms with van der Waals surface area (Å²) >= 11 is 0. The van der Waals surface area contributed by atoms with Crippen molar-refractivity contribution >= 4 is 23.6 Å². The SMILES string of the molecule is CC1Oc2ccccc2C1NC(=O)c1cn(-c2ccc3c(c2)C(=O)N(C2CCC(=O)NC2=O)C3)nn1. The highest BCUT2D eigenvalue weighted by molar-refractivity contribution is 6.05. The van der Waals surface area contributed by atoms with Gasteiger partial charge in [0.2, 0.25) is 11.8 Å². The largest absolute Gasteiger partial charge is 0.488 e. The molecule has 1 fully saturated rings. The first-order valence-corrected chi connectivity index (χ1v) is 11.7. The number of nitrogens with zero attached hydrogens (tertiary/aromatic N) is 4. The maximum Gasteiger partial charge on any atom is 0.274 e. The van der Waals surface area contributed by atoms with Gasteiger partial charge in [-0.3, -0.25) is 24.5 Å². The Bertz CT molecular complexity index is 1430. The van der Waals surface area contributed by atoms with Crippen LogP contribution in [-0.4, -0.2) is 55.7 Å².